The van der Waals surface area contributed by atoms with Crippen molar-refractivity contribution in [2.45, 2.75) is 67.6 Å². The molecule has 3 heterocycles. The molecular formula is C24H29F3N6O3S. The summed E-state index contributed by atoms with van der Waals surface area (Å²) < 4.78 is 68.1. The summed E-state index contributed by atoms with van der Waals surface area (Å²) in [6.45, 7) is 2.31. The second kappa shape index (κ2) is 8.69. The monoisotopic (exact) mass is 538 g/mol. The van der Waals surface area contributed by atoms with Gasteiger partial charge in [0, 0.05) is 43.6 Å². The number of benzene rings is 1. The van der Waals surface area contributed by atoms with Gasteiger partial charge in [-0.25, -0.2) is 27.6 Å². The van der Waals surface area contributed by atoms with E-state index in [1.54, 1.807) is 4.90 Å². The van der Waals surface area contributed by atoms with Gasteiger partial charge in [-0.15, -0.1) is 0 Å². The lowest BCUT2D eigenvalue weighted by Crippen LogP contribution is -2.66. The Kier molecular flexibility index (Phi) is 5.79. The largest absolute Gasteiger partial charge is 0.416 e. The number of halogens is 3. The quantitative estimate of drug-likeness (QED) is 0.629. The van der Waals surface area contributed by atoms with Crippen LogP contribution in [0.3, 0.4) is 0 Å². The lowest BCUT2D eigenvalue weighted by molar-refractivity contribution is -0.137. The fourth-order valence-corrected chi connectivity index (χ4v) is 7.08. The molecule has 1 aromatic carbocycles. The summed E-state index contributed by atoms with van der Waals surface area (Å²) in [7, 11) is -3.95. The number of likely N-dealkylation sites (tertiary alicyclic amines) is 2. The van der Waals surface area contributed by atoms with Gasteiger partial charge in [0.25, 0.3) is 0 Å². The Hall–Kier alpha value is -2.67. The van der Waals surface area contributed by atoms with Crippen LogP contribution in [0.1, 0.15) is 61.9 Å². The van der Waals surface area contributed by atoms with Gasteiger partial charge in [-0.1, -0.05) is 0 Å². The standard InChI is InChI=1S/C24H29F3N6O3S/c25-24(26,27)17-3-5-20(6-4-17)37(35,36)30-18-7-9-31(10-8-18)22(34)32-13-23(14-32)11-19(12-23)33-15-28-21(29-33)16-1-2-16/h3-6,15-16,18-19,30H,1-2,7-14H2. The highest BCUT2D eigenvalue weighted by Crippen LogP contribution is 2.54. The van der Waals surface area contributed by atoms with Crippen LogP contribution >= 0.6 is 0 Å². The topological polar surface area (TPSA) is 100 Å². The van der Waals surface area contributed by atoms with Crippen molar-refractivity contribution in [3.05, 3.63) is 42.0 Å². The molecule has 2 aromatic rings. The molecule has 4 aliphatic rings. The van der Waals surface area contributed by atoms with Crippen molar-refractivity contribution in [1.82, 2.24) is 29.3 Å². The van der Waals surface area contributed by atoms with Crippen molar-refractivity contribution in [1.29, 1.82) is 0 Å². The predicted octanol–water partition coefficient (Wildman–Crippen LogP) is 3.37. The summed E-state index contributed by atoms with van der Waals surface area (Å²) in [6, 6.07) is 3.40. The van der Waals surface area contributed by atoms with E-state index < -0.39 is 21.8 Å². The molecule has 0 radical (unpaired) electrons. The van der Waals surface area contributed by atoms with Gasteiger partial charge >= 0.3 is 12.2 Å². The van der Waals surface area contributed by atoms with Gasteiger partial charge in [-0.2, -0.15) is 18.3 Å². The van der Waals surface area contributed by atoms with Crippen molar-refractivity contribution in [2.75, 3.05) is 26.2 Å². The minimum atomic E-state index is -4.53. The zero-order chi connectivity index (χ0) is 26.0. The Morgan fingerprint density at radius 3 is 2.24 bits per heavy atom. The highest BCUT2D eigenvalue weighted by atomic mass is 32.2. The van der Waals surface area contributed by atoms with Crippen LogP contribution in [0.5, 0.6) is 0 Å². The Morgan fingerprint density at radius 2 is 1.65 bits per heavy atom. The van der Waals surface area contributed by atoms with E-state index in [1.807, 2.05) is 15.9 Å². The molecule has 2 saturated heterocycles. The normalized spacial score (nSPS) is 22.7. The Morgan fingerprint density at radius 1 is 1.00 bits per heavy atom. The van der Waals surface area contributed by atoms with E-state index in [0.29, 0.717) is 37.9 Å². The minimum Gasteiger partial charge on any atom is -0.325 e. The molecule has 200 valence electrons. The van der Waals surface area contributed by atoms with E-state index in [9.17, 15) is 26.4 Å². The van der Waals surface area contributed by atoms with Crippen LogP contribution in [-0.4, -0.2) is 71.2 Å². The first-order valence-corrected chi connectivity index (χ1v) is 14.1. The maximum atomic E-state index is 13.0. The average Bonchev–Trinajstić information content (AvgIpc) is 3.54. The molecule has 2 aliphatic carbocycles. The van der Waals surface area contributed by atoms with Crippen LogP contribution < -0.4 is 4.72 Å². The van der Waals surface area contributed by atoms with Gasteiger partial charge in [0.2, 0.25) is 10.0 Å². The summed E-state index contributed by atoms with van der Waals surface area (Å²) in [4.78, 5) is 20.8. The Bertz CT molecular complexity index is 1270. The lowest BCUT2D eigenvalue weighted by Gasteiger charge is -2.59. The van der Waals surface area contributed by atoms with Crippen LogP contribution in [-0.2, 0) is 16.2 Å². The summed E-state index contributed by atoms with van der Waals surface area (Å²) in [5.74, 6) is 1.49. The molecule has 2 saturated carbocycles. The van der Waals surface area contributed by atoms with E-state index >= 15 is 0 Å². The SMILES string of the molecule is O=C(N1CCC(NS(=O)(=O)c2ccc(C(F)(F)F)cc2)CC1)N1CC2(CC(n3cnc(C4CC4)n3)C2)C1. The molecule has 6 rings (SSSR count). The number of hydrogen-bond donors (Lipinski definition) is 1. The van der Waals surface area contributed by atoms with Gasteiger partial charge in [0.05, 0.1) is 16.5 Å². The number of rotatable bonds is 5. The molecule has 0 atom stereocenters. The summed E-state index contributed by atoms with van der Waals surface area (Å²) in [6.07, 6.45) is 2.56. The Balaban J connectivity index is 0.954. The Labute approximate surface area is 213 Å². The first-order valence-electron chi connectivity index (χ1n) is 12.7. The zero-order valence-electron chi connectivity index (χ0n) is 20.2. The van der Waals surface area contributed by atoms with Crippen LogP contribution in [0.15, 0.2) is 35.5 Å². The zero-order valence-corrected chi connectivity index (χ0v) is 21.0. The molecule has 2 aliphatic heterocycles. The molecule has 1 aromatic heterocycles. The number of carbonyl (C=O) groups excluding carboxylic acids is 1. The first kappa shape index (κ1) is 24.7. The van der Waals surface area contributed by atoms with E-state index in [1.165, 1.54) is 12.8 Å². The van der Waals surface area contributed by atoms with E-state index in [-0.39, 0.29) is 22.4 Å². The van der Waals surface area contributed by atoms with Gasteiger partial charge in [-0.05, 0) is 62.8 Å². The molecule has 1 spiro atoms. The fourth-order valence-electron chi connectivity index (χ4n) is 5.78. The number of piperidine rings is 1. The number of nitrogens with zero attached hydrogens (tertiary/aromatic N) is 5. The average molecular weight is 539 g/mol. The van der Waals surface area contributed by atoms with Crippen LogP contribution in [0, 0.1) is 5.41 Å². The van der Waals surface area contributed by atoms with Crippen molar-refractivity contribution in [3.8, 4) is 0 Å². The number of amides is 2. The number of alkyl halides is 3. The summed E-state index contributed by atoms with van der Waals surface area (Å²) in [5, 5.41) is 4.63. The highest BCUT2D eigenvalue weighted by Gasteiger charge is 2.55. The molecule has 37 heavy (non-hydrogen) atoms. The predicted molar refractivity (Wildman–Crippen MR) is 126 cm³/mol. The van der Waals surface area contributed by atoms with Crippen molar-refractivity contribution in [3.63, 3.8) is 0 Å². The number of nitrogens with one attached hydrogen (secondary N) is 1. The third-order valence-corrected chi connectivity index (χ3v) is 9.62. The van der Waals surface area contributed by atoms with Crippen molar-refractivity contribution in [2.24, 2.45) is 5.41 Å². The second-order valence-electron chi connectivity index (χ2n) is 11.0. The van der Waals surface area contributed by atoms with Gasteiger partial charge in [0.1, 0.15) is 6.33 Å². The molecule has 4 fully saturated rings. The maximum absolute atomic E-state index is 13.0. The number of sulfonamides is 1. The van der Waals surface area contributed by atoms with Gasteiger partial charge in [-0.3, -0.25) is 0 Å². The van der Waals surface area contributed by atoms with E-state index in [2.05, 4.69) is 14.8 Å². The molecule has 13 heteroatoms. The van der Waals surface area contributed by atoms with Crippen molar-refractivity contribution < 1.29 is 26.4 Å². The van der Waals surface area contributed by atoms with Crippen molar-refractivity contribution >= 4 is 16.1 Å². The molecule has 1 N–H and O–H groups in total. The summed E-state index contributed by atoms with van der Waals surface area (Å²) in [5.41, 5.74) is -0.730. The third kappa shape index (κ3) is 4.83. The van der Waals surface area contributed by atoms with E-state index in [4.69, 9.17) is 0 Å². The molecular weight excluding hydrogens is 509 g/mol. The second-order valence-corrected chi connectivity index (χ2v) is 12.7. The smallest absolute Gasteiger partial charge is 0.325 e. The fraction of sp³-hybridized carbons (Fsp3) is 0.625. The summed E-state index contributed by atoms with van der Waals surface area (Å²) >= 11 is 0. The first-order chi connectivity index (χ1) is 17.5. The maximum Gasteiger partial charge on any atom is 0.416 e. The number of urea groups is 1. The van der Waals surface area contributed by atoms with Crippen LogP contribution in [0.25, 0.3) is 0 Å². The molecule has 9 nitrogen and oxygen atoms in total. The van der Waals surface area contributed by atoms with Crippen LogP contribution in [0.4, 0.5) is 18.0 Å². The van der Waals surface area contributed by atoms with Crippen LogP contribution in [0.2, 0.25) is 0 Å². The minimum absolute atomic E-state index is 0.0186. The molecule has 0 unspecified atom stereocenters. The molecule has 2 amide bonds. The third-order valence-electron chi connectivity index (χ3n) is 8.08. The number of hydrogen-bond acceptors (Lipinski definition) is 5. The number of carbonyl (C=O) groups is 1. The van der Waals surface area contributed by atoms with Gasteiger partial charge in [0.15, 0.2) is 5.82 Å². The highest BCUT2D eigenvalue weighted by molar-refractivity contribution is 7.89. The number of aromatic nitrogens is 3. The molecule has 0 bridgehead atoms. The lowest BCUT2D eigenvalue weighted by atomic mass is 9.61. The van der Waals surface area contributed by atoms with E-state index in [0.717, 1.165) is 56.0 Å². The van der Waals surface area contributed by atoms with Gasteiger partial charge < -0.3 is 9.80 Å².